The van der Waals surface area contributed by atoms with Crippen molar-refractivity contribution in [3.05, 3.63) is 60.0 Å². The number of benzene rings is 1. The number of nitrogens with zero attached hydrogens (tertiary/aromatic N) is 5. The van der Waals surface area contributed by atoms with Gasteiger partial charge in [0.25, 0.3) is 5.91 Å². The summed E-state index contributed by atoms with van der Waals surface area (Å²) >= 11 is 0. The number of pyridine rings is 1. The average Bonchev–Trinajstić information content (AvgIpc) is 3.45. The molecule has 1 fully saturated rings. The zero-order chi connectivity index (χ0) is 25.4. The number of nitrogens with one attached hydrogen (secondary N) is 2. The van der Waals surface area contributed by atoms with Gasteiger partial charge in [-0.25, -0.2) is 4.52 Å². The molecule has 3 heterocycles. The monoisotopic (exact) mass is 499 g/mol. The predicted octanol–water partition coefficient (Wildman–Crippen LogP) is 4.36. The van der Waals surface area contributed by atoms with E-state index in [9.17, 15) is 22.8 Å². The number of carbonyl (C=O) groups excluding carboxylic acids is 2. The first-order chi connectivity index (χ1) is 17.2. The Morgan fingerprint density at radius 1 is 1.08 bits per heavy atom. The van der Waals surface area contributed by atoms with Crippen LogP contribution in [-0.2, 0) is 17.5 Å². The Morgan fingerprint density at radius 2 is 1.89 bits per heavy atom. The second-order valence-electron chi connectivity index (χ2n) is 8.20. The first-order valence-electron chi connectivity index (χ1n) is 11.1. The molecule has 0 saturated heterocycles. The van der Waals surface area contributed by atoms with Gasteiger partial charge >= 0.3 is 6.18 Å². The summed E-state index contributed by atoms with van der Waals surface area (Å²) in [6, 6.07) is 9.52. The van der Waals surface area contributed by atoms with E-state index in [-0.39, 0.29) is 30.0 Å². The highest BCUT2D eigenvalue weighted by Gasteiger charge is 2.39. The van der Waals surface area contributed by atoms with E-state index in [1.165, 1.54) is 16.6 Å². The van der Waals surface area contributed by atoms with Crippen LogP contribution in [0, 0.1) is 5.92 Å². The highest BCUT2D eigenvalue weighted by Crippen LogP contribution is 2.32. The molecule has 1 aliphatic rings. The number of hydrogen-bond acceptors (Lipinski definition) is 6. The fourth-order valence-electron chi connectivity index (χ4n) is 3.47. The number of fused-ring (bicyclic) bond motifs is 1. The third-order valence-corrected chi connectivity index (χ3v) is 5.41. The molecule has 36 heavy (non-hydrogen) atoms. The minimum Gasteiger partial charge on any atom is -0.456 e. The molecule has 2 amide bonds. The van der Waals surface area contributed by atoms with Gasteiger partial charge in [0.15, 0.2) is 11.3 Å². The summed E-state index contributed by atoms with van der Waals surface area (Å²) in [5.41, 5.74) is -1.08. The standard InChI is InChI=1S/C23H20F3N7O3/c1-2-32-12-17(19(30-32)23(24,25)26)21(35)27-14-4-3-5-15(10-14)36-16-8-9-18-28-22(31-33(18)11-16)29-20(34)13-6-7-13/h3-5,8-13H,2,6-7H2,1H3,(H,27,35)(H,29,31,34). The molecule has 0 spiro atoms. The molecule has 10 nitrogen and oxygen atoms in total. The largest absolute Gasteiger partial charge is 0.456 e. The lowest BCUT2D eigenvalue weighted by atomic mass is 10.2. The molecular weight excluding hydrogens is 479 g/mol. The van der Waals surface area contributed by atoms with E-state index in [1.54, 1.807) is 37.4 Å². The van der Waals surface area contributed by atoms with Crippen molar-refractivity contribution < 1.29 is 27.5 Å². The lowest BCUT2D eigenvalue weighted by molar-refractivity contribution is -0.141. The Bertz CT molecular complexity index is 1460. The van der Waals surface area contributed by atoms with Crippen LogP contribution in [0.1, 0.15) is 35.8 Å². The molecule has 13 heteroatoms. The van der Waals surface area contributed by atoms with E-state index < -0.39 is 23.3 Å². The van der Waals surface area contributed by atoms with Crippen LogP contribution in [0.4, 0.5) is 24.8 Å². The van der Waals surface area contributed by atoms with Gasteiger partial charge in [0.1, 0.15) is 11.5 Å². The molecule has 2 N–H and O–H groups in total. The minimum atomic E-state index is -4.77. The Labute approximate surface area is 202 Å². The molecule has 3 aromatic heterocycles. The number of alkyl halides is 3. The van der Waals surface area contributed by atoms with Crippen molar-refractivity contribution in [2.45, 2.75) is 32.5 Å². The van der Waals surface area contributed by atoms with Crippen molar-refractivity contribution in [1.29, 1.82) is 0 Å². The lowest BCUT2D eigenvalue weighted by Crippen LogP contribution is -2.17. The van der Waals surface area contributed by atoms with Crippen LogP contribution in [0.25, 0.3) is 5.65 Å². The summed E-state index contributed by atoms with van der Waals surface area (Å²) in [6.45, 7) is 1.81. The maximum atomic E-state index is 13.3. The Kier molecular flexibility index (Phi) is 5.82. The van der Waals surface area contributed by atoms with Gasteiger partial charge in [-0.15, -0.1) is 5.10 Å². The Balaban J connectivity index is 1.30. The van der Waals surface area contributed by atoms with Gasteiger partial charge in [0, 0.05) is 30.4 Å². The summed E-state index contributed by atoms with van der Waals surface area (Å²) in [6.07, 6.45) is -0.411. The third-order valence-electron chi connectivity index (χ3n) is 5.41. The zero-order valence-electron chi connectivity index (χ0n) is 18.9. The molecule has 1 saturated carbocycles. The molecule has 0 aliphatic heterocycles. The second-order valence-corrected chi connectivity index (χ2v) is 8.20. The van der Waals surface area contributed by atoms with E-state index in [2.05, 4.69) is 25.8 Å². The van der Waals surface area contributed by atoms with Gasteiger partial charge in [-0.3, -0.25) is 19.6 Å². The van der Waals surface area contributed by atoms with Gasteiger partial charge in [0.05, 0.1) is 11.8 Å². The number of aromatic nitrogens is 5. The number of ether oxygens (including phenoxy) is 1. The molecule has 0 bridgehead atoms. The molecule has 0 atom stereocenters. The van der Waals surface area contributed by atoms with Crippen molar-refractivity contribution in [3.8, 4) is 11.5 Å². The number of carbonyl (C=O) groups is 2. The number of aryl methyl sites for hydroxylation is 1. The van der Waals surface area contributed by atoms with Gasteiger partial charge < -0.3 is 10.1 Å². The zero-order valence-corrected chi connectivity index (χ0v) is 18.9. The summed E-state index contributed by atoms with van der Waals surface area (Å²) in [7, 11) is 0. The van der Waals surface area contributed by atoms with E-state index in [0.717, 1.165) is 23.7 Å². The molecule has 1 aromatic carbocycles. The molecule has 0 radical (unpaired) electrons. The molecule has 5 rings (SSSR count). The van der Waals surface area contributed by atoms with Gasteiger partial charge in [-0.2, -0.15) is 23.3 Å². The normalized spacial score (nSPS) is 13.6. The number of hydrogen-bond donors (Lipinski definition) is 2. The minimum absolute atomic E-state index is 0.0196. The van der Waals surface area contributed by atoms with Crippen molar-refractivity contribution in [2.24, 2.45) is 5.92 Å². The highest BCUT2D eigenvalue weighted by atomic mass is 19.4. The second kappa shape index (κ2) is 8.98. The van der Waals surface area contributed by atoms with E-state index >= 15 is 0 Å². The van der Waals surface area contributed by atoms with E-state index in [1.807, 2.05) is 0 Å². The van der Waals surface area contributed by atoms with Gasteiger partial charge in [-0.1, -0.05) is 6.07 Å². The maximum absolute atomic E-state index is 13.3. The van der Waals surface area contributed by atoms with Crippen LogP contribution in [0.2, 0.25) is 0 Å². The average molecular weight is 499 g/mol. The third kappa shape index (κ3) is 4.99. The first kappa shape index (κ1) is 23.3. The topological polar surface area (TPSA) is 115 Å². The van der Waals surface area contributed by atoms with Crippen LogP contribution in [0.5, 0.6) is 11.5 Å². The fraction of sp³-hybridized carbons (Fsp3) is 0.261. The van der Waals surface area contributed by atoms with Crippen molar-refractivity contribution in [1.82, 2.24) is 24.4 Å². The number of amides is 2. The van der Waals surface area contributed by atoms with Gasteiger partial charge in [-0.05, 0) is 44.0 Å². The summed E-state index contributed by atoms with van der Waals surface area (Å²) in [5.74, 6) is -0.117. The first-order valence-corrected chi connectivity index (χ1v) is 11.1. The maximum Gasteiger partial charge on any atom is 0.435 e. The molecule has 4 aromatic rings. The Hall–Kier alpha value is -4.42. The van der Waals surface area contributed by atoms with Crippen LogP contribution in [-0.4, -0.2) is 36.2 Å². The molecule has 0 unspecified atom stereocenters. The lowest BCUT2D eigenvalue weighted by Gasteiger charge is -2.10. The highest BCUT2D eigenvalue weighted by molar-refractivity contribution is 6.05. The van der Waals surface area contributed by atoms with Crippen LogP contribution >= 0.6 is 0 Å². The molecule has 1 aliphatic carbocycles. The SMILES string of the molecule is CCn1cc(C(=O)Nc2cccc(Oc3ccc4nc(NC(=O)C5CC5)nn4c3)c2)c(C(F)(F)F)n1. The molecule has 186 valence electrons. The molecular formula is C23H20F3N7O3. The summed E-state index contributed by atoms with van der Waals surface area (Å²) in [5, 5.41) is 12.8. The number of rotatable bonds is 7. The van der Waals surface area contributed by atoms with Crippen molar-refractivity contribution >= 4 is 29.1 Å². The summed E-state index contributed by atoms with van der Waals surface area (Å²) < 4.78 is 48.3. The van der Waals surface area contributed by atoms with Gasteiger partial charge in [0.2, 0.25) is 11.9 Å². The van der Waals surface area contributed by atoms with Crippen LogP contribution in [0.3, 0.4) is 0 Å². The number of halogens is 3. The fourth-order valence-corrected chi connectivity index (χ4v) is 3.47. The van der Waals surface area contributed by atoms with Crippen LogP contribution < -0.4 is 15.4 Å². The van der Waals surface area contributed by atoms with Crippen molar-refractivity contribution in [2.75, 3.05) is 10.6 Å². The Morgan fingerprint density at radius 3 is 2.61 bits per heavy atom. The summed E-state index contributed by atoms with van der Waals surface area (Å²) in [4.78, 5) is 28.8. The van der Waals surface area contributed by atoms with Crippen LogP contribution in [0.15, 0.2) is 48.8 Å². The van der Waals surface area contributed by atoms with E-state index in [4.69, 9.17) is 4.74 Å². The number of anilines is 2. The smallest absolute Gasteiger partial charge is 0.435 e. The quantitative estimate of drug-likeness (QED) is 0.391. The van der Waals surface area contributed by atoms with Crippen molar-refractivity contribution in [3.63, 3.8) is 0 Å². The van der Waals surface area contributed by atoms with E-state index in [0.29, 0.717) is 17.1 Å². The predicted molar refractivity (Wildman–Crippen MR) is 122 cm³/mol.